The standard InChI is InChI=1S/C13H13NO/c1-14-10-4-8-13(15-14)9-7-11-5-2-3-6-12(11)13/h2-7,9-10H,8H2,1H3/t13-/m1/s1. The number of benzene rings is 1. The van der Waals surface area contributed by atoms with Crippen molar-refractivity contribution in [2.45, 2.75) is 12.0 Å². The van der Waals surface area contributed by atoms with Crippen molar-refractivity contribution >= 4 is 6.08 Å². The lowest BCUT2D eigenvalue weighted by Gasteiger charge is -2.35. The van der Waals surface area contributed by atoms with Crippen LogP contribution in [0, 0.1) is 0 Å². The van der Waals surface area contributed by atoms with Gasteiger partial charge in [-0.2, -0.15) is 0 Å². The zero-order valence-electron chi connectivity index (χ0n) is 8.68. The zero-order chi connectivity index (χ0) is 10.3. The highest BCUT2D eigenvalue weighted by molar-refractivity contribution is 5.64. The van der Waals surface area contributed by atoms with E-state index in [0.717, 1.165) is 6.42 Å². The molecule has 76 valence electrons. The fourth-order valence-corrected chi connectivity index (χ4v) is 2.30. The van der Waals surface area contributed by atoms with Crippen LogP contribution >= 0.6 is 0 Å². The predicted molar refractivity (Wildman–Crippen MR) is 59.8 cm³/mol. The molecule has 0 bridgehead atoms. The number of fused-ring (bicyclic) bond motifs is 2. The molecule has 0 saturated heterocycles. The molecule has 1 heterocycles. The van der Waals surface area contributed by atoms with Gasteiger partial charge in [-0.05, 0) is 17.2 Å². The van der Waals surface area contributed by atoms with Gasteiger partial charge in [-0.15, -0.1) is 0 Å². The molecule has 0 saturated carbocycles. The van der Waals surface area contributed by atoms with Gasteiger partial charge in [0.25, 0.3) is 0 Å². The van der Waals surface area contributed by atoms with Crippen molar-refractivity contribution < 1.29 is 4.84 Å². The summed E-state index contributed by atoms with van der Waals surface area (Å²) in [7, 11) is 1.92. The average molecular weight is 199 g/mol. The molecule has 1 aromatic carbocycles. The van der Waals surface area contributed by atoms with Crippen LogP contribution in [-0.4, -0.2) is 12.1 Å². The van der Waals surface area contributed by atoms with E-state index in [2.05, 4.69) is 42.5 Å². The van der Waals surface area contributed by atoms with E-state index in [1.165, 1.54) is 11.1 Å². The maximum absolute atomic E-state index is 5.92. The van der Waals surface area contributed by atoms with E-state index in [1.807, 2.05) is 13.2 Å². The molecule has 1 aliphatic heterocycles. The first-order chi connectivity index (χ1) is 7.30. The van der Waals surface area contributed by atoms with Crippen LogP contribution in [0.1, 0.15) is 17.5 Å². The molecule has 2 heteroatoms. The van der Waals surface area contributed by atoms with Crippen molar-refractivity contribution in [2.24, 2.45) is 0 Å². The Morgan fingerprint density at radius 3 is 3.07 bits per heavy atom. The van der Waals surface area contributed by atoms with Gasteiger partial charge in [0.15, 0.2) is 0 Å². The van der Waals surface area contributed by atoms with Gasteiger partial charge in [-0.3, -0.25) is 9.90 Å². The van der Waals surface area contributed by atoms with Gasteiger partial charge < -0.3 is 0 Å². The summed E-state index contributed by atoms with van der Waals surface area (Å²) >= 11 is 0. The third-order valence-corrected chi connectivity index (χ3v) is 2.99. The molecular weight excluding hydrogens is 186 g/mol. The SMILES string of the molecule is CN1C=CC[C@]2(C=Cc3ccccc32)O1. The molecule has 15 heavy (non-hydrogen) atoms. The maximum Gasteiger partial charge on any atom is 0.144 e. The largest absolute Gasteiger partial charge is 0.263 e. The summed E-state index contributed by atoms with van der Waals surface area (Å²) < 4.78 is 0. The molecule has 0 radical (unpaired) electrons. The summed E-state index contributed by atoms with van der Waals surface area (Å²) in [6.07, 6.45) is 9.31. The van der Waals surface area contributed by atoms with Gasteiger partial charge in [-0.25, -0.2) is 0 Å². The van der Waals surface area contributed by atoms with E-state index in [1.54, 1.807) is 5.06 Å². The molecule has 0 amide bonds. The van der Waals surface area contributed by atoms with E-state index in [4.69, 9.17) is 4.84 Å². The molecule has 3 rings (SSSR count). The lowest BCUT2D eigenvalue weighted by atomic mass is 9.92. The Morgan fingerprint density at radius 2 is 2.20 bits per heavy atom. The van der Waals surface area contributed by atoms with Crippen molar-refractivity contribution in [3.63, 3.8) is 0 Å². The second-order valence-electron chi connectivity index (χ2n) is 4.04. The topological polar surface area (TPSA) is 12.5 Å². The van der Waals surface area contributed by atoms with Crippen LogP contribution in [-0.2, 0) is 10.4 Å². The number of nitrogens with zero attached hydrogens (tertiary/aromatic N) is 1. The van der Waals surface area contributed by atoms with Gasteiger partial charge in [0.05, 0.1) is 0 Å². The predicted octanol–water partition coefficient (Wildman–Crippen LogP) is 2.69. The molecule has 0 unspecified atom stereocenters. The van der Waals surface area contributed by atoms with E-state index in [-0.39, 0.29) is 5.60 Å². The van der Waals surface area contributed by atoms with Gasteiger partial charge >= 0.3 is 0 Å². The summed E-state index contributed by atoms with van der Waals surface area (Å²) in [6.45, 7) is 0. The lowest BCUT2D eigenvalue weighted by Crippen LogP contribution is -2.34. The minimum absolute atomic E-state index is 0.264. The van der Waals surface area contributed by atoms with Crippen LogP contribution in [0.2, 0.25) is 0 Å². The summed E-state index contributed by atoms with van der Waals surface area (Å²) in [6, 6.07) is 8.39. The Labute approximate surface area is 89.4 Å². The molecule has 2 aliphatic rings. The Kier molecular flexibility index (Phi) is 1.73. The molecule has 0 N–H and O–H groups in total. The summed E-state index contributed by atoms with van der Waals surface area (Å²) in [5.74, 6) is 0. The minimum atomic E-state index is -0.264. The minimum Gasteiger partial charge on any atom is -0.263 e. The van der Waals surface area contributed by atoms with Crippen molar-refractivity contribution in [3.8, 4) is 0 Å². The first-order valence-corrected chi connectivity index (χ1v) is 5.18. The molecule has 0 fully saturated rings. The smallest absolute Gasteiger partial charge is 0.144 e. The van der Waals surface area contributed by atoms with Crippen molar-refractivity contribution in [1.82, 2.24) is 5.06 Å². The Balaban J connectivity index is 2.09. The quantitative estimate of drug-likeness (QED) is 0.637. The van der Waals surface area contributed by atoms with E-state index >= 15 is 0 Å². The molecular formula is C13H13NO. The Morgan fingerprint density at radius 1 is 1.33 bits per heavy atom. The highest BCUT2D eigenvalue weighted by Gasteiger charge is 2.37. The molecule has 1 spiro atoms. The van der Waals surface area contributed by atoms with Gasteiger partial charge in [0.1, 0.15) is 5.60 Å². The van der Waals surface area contributed by atoms with Crippen LogP contribution in [0.3, 0.4) is 0 Å². The monoisotopic (exact) mass is 199 g/mol. The van der Waals surface area contributed by atoms with Crippen LogP contribution in [0.4, 0.5) is 0 Å². The number of hydrogen-bond donors (Lipinski definition) is 0. The Hall–Kier alpha value is -1.54. The maximum atomic E-state index is 5.92. The van der Waals surface area contributed by atoms with Crippen molar-refractivity contribution in [2.75, 3.05) is 7.05 Å². The van der Waals surface area contributed by atoms with Crippen LogP contribution in [0.25, 0.3) is 6.08 Å². The van der Waals surface area contributed by atoms with Gasteiger partial charge in [0, 0.05) is 19.7 Å². The molecule has 0 aromatic heterocycles. The van der Waals surface area contributed by atoms with Crippen LogP contribution < -0.4 is 0 Å². The molecule has 1 aromatic rings. The normalized spacial score (nSPS) is 27.4. The number of hydrogen-bond acceptors (Lipinski definition) is 2. The summed E-state index contributed by atoms with van der Waals surface area (Å²) in [5.41, 5.74) is 2.27. The summed E-state index contributed by atoms with van der Waals surface area (Å²) in [5, 5.41) is 1.77. The molecule has 1 aliphatic carbocycles. The van der Waals surface area contributed by atoms with Gasteiger partial charge in [0.2, 0.25) is 0 Å². The Bertz CT molecular complexity index is 450. The van der Waals surface area contributed by atoms with Crippen molar-refractivity contribution in [3.05, 3.63) is 53.7 Å². The second-order valence-corrected chi connectivity index (χ2v) is 4.04. The highest BCUT2D eigenvalue weighted by Crippen LogP contribution is 2.42. The molecule has 1 atom stereocenters. The van der Waals surface area contributed by atoms with Crippen molar-refractivity contribution in [1.29, 1.82) is 0 Å². The van der Waals surface area contributed by atoms with Gasteiger partial charge in [-0.1, -0.05) is 36.4 Å². The first-order valence-electron chi connectivity index (χ1n) is 5.18. The van der Waals surface area contributed by atoms with Crippen LogP contribution in [0.15, 0.2) is 42.6 Å². The van der Waals surface area contributed by atoms with Crippen LogP contribution in [0.5, 0.6) is 0 Å². The zero-order valence-corrected chi connectivity index (χ0v) is 8.68. The second kappa shape index (κ2) is 2.97. The van der Waals surface area contributed by atoms with E-state index < -0.39 is 0 Å². The fourth-order valence-electron chi connectivity index (χ4n) is 2.30. The average Bonchev–Trinajstić information content (AvgIpc) is 2.59. The van der Waals surface area contributed by atoms with E-state index in [0.29, 0.717) is 0 Å². The number of rotatable bonds is 0. The number of hydroxylamine groups is 2. The highest BCUT2D eigenvalue weighted by atomic mass is 16.7. The van der Waals surface area contributed by atoms with E-state index in [9.17, 15) is 0 Å². The lowest BCUT2D eigenvalue weighted by molar-refractivity contribution is -0.197. The first kappa shape index (κ1) is 8.74. The molecule has 2 nitrogen and oxygen atoms in total. The third-order valence-electron chi connectivity index (χ3n) is 2.99. The summed E-state index contributed by atoms with van der Waals surface area (Å²) in [4.78, 5) is 5.92. The fraction of sp³-hybridized carbons (Fsp3) is 0.231. The third kappa shape index (κ3) is 1.22.